The molecule has 0 bridgehead atoms. The lowest BCUT2D eigenvalue weighted by molar-refractivity contribution is -0.126. The highest BCUT2D eigenvalue weighted by Crippen LogP contribution is 2.17. The minimum atomic E-state index is -0.442. The first kappa shape index (κ1) is 11.0. The van der Waals surface area contributed by atoms with E-state index in [9.17, 15) is 14.7 Å². The van der Waals surface area contributed by atoms with Gasteiger partial charge in [0.2, 0.25) is 6.41 Å². The van der Waals surface area contributed by atoms with E-state index >= 15 is 0 Å². The molecular formula is C10H12N2O3. The normalized spacial score (nSPS) is 9.47. The highest BCUT2D eigenvalue weighted by molar-refractivity contribution is 5.96. The molecule has 5 heteroatoms. The second-order valence-corrected chi connectivity index (χ2v) is 3.02. The Morgan fingerprint density at radius 3 is 2.47 bits per heavy atom. The molecule has 0 aromatic heterocycles. The van der Waals surface area contributed by atoms with Gasteiger partial charge in [0.1, 0.15) is 5.75 Å². The van der Waals surface area contributed by atoms with Crippen LogP contribution in [0.15, 0.2) is 24.3 Å². The van der Waals surface area contributed by atoms with E-state index in [1.54, 1.807) is 12.1 Å². The summed E-state index contributed by atoms with van der Waals surface area (Å²) in [5, 5.41) is 11.6. The molecule has 80 valence electrons. The lowest BCUT2D eigenvalue weighted by atomic mass is 10.2. The van der Waals surface area contributed by atoms with Crippen molar-refractivity contribution in [1.29, 1.82) is 0 Å². The summed E-state index contributed by atoms with van der Waals surface area (Å²) < 4.78 is 0. The van der Waals surface area contributed by atoms with E-state index in [1.807, 2.05) is 0 Å². The third kappa shape index (κ3) is 2.25. The van der Waals surface area contributed by atoms with Gasteiger partial charge in [-0.1, -0.05) is 12.1 Å². The van der Waals surface area contributed by atoms with Gasteiger partial charge in [0.15, 0.2) is 0 Å². The smallest absolute Gasteiger partial charge is 0.275 e. The van der Waals surface area contributed by atoms with Crippen molar-refractivity contribution in [2.75, 3.05) is 14.1 Å². The van der Waals surface area contributed by atoms with Crippen molar-refractivity contribution >= 4 is 12.3 Å². The number of phenolic OH excluding ortho intramolecular Hbond substituents is 1. The van der Waals surface area contributed by atoms with E-state index in [4.69, 9.17) is 0 Å². The molecule has 0 radical (unpaired) electrons. The van der Waals surface area contributed by atoms with Crippen LogP contribution in [0.4, 0.5) is 0 Å². The SMILES string of the molecule is CN(C=O)N(C)C(=O)c1ccccc1O. The number of nitrogens with zero attached hydrogens (tertiary/aromatic N) is 2. The number of carbonyl (C=O) groups excluding carboxylic acids is 2. The molecule has 2 amide bonds. The summed E-state index contributed by atoms with van der Waals surface area (Å²) in [7, 11) is 2.90. The highest BCUT2D eigenvalue weighted by atomic mass is 16.3. The molecule has 5 nitrogen and oxygen atoms in total. The Morgan fingerprint density at radius 1 is 1.33 bits per heavy atom. The molecule has 0 atom stereocenters. The number of hydrogen-bond acceptors (Lipinski definition) is 3. The number of carbonyl (C=O) groups is 2. The maximum atomic E-state index is 11.7. The summed E-state index contributed by atoms with van der Waals surface area (Å²) in [4.78, 5) is 22.2. The standard InChI is InChI=1S/C10H12N2O3/c1-11(7-13)12(2)10(15)8-5-3-4-6-9(8)14/h3-7,14H,1-2H3. The minimum Gasteiger partial charge on any atom is -0.507 e. The summed E-state index contributed by atoms with van der Waals surface area (Å²) in [6, 6.07) is 6.17. The van der Waals surface area contributed by atoms with E-state index in [-0.39, 0.29) is 11.3 Å². The Labute approximate surface area is 87.5 Å². The summed E-state index contributed by atoms with van der Waals surface area (Å²) in [5.41, 5.74) is 0.161. The largest absolute Gasteiger partial charge is 0.507 e. The Bertz CT molecular complexity index is 379. The first-order valence-corrected chi connectivity index (χ1v) is 4.32. The van der Waals surface area contributed by atoms with Gasteiger partial charge >= 0.3 is 0 Å². The van der Waals surface area contributed by atoms with Gasteiger partial charge in [-0.25, -0.2) is 0 Å². The third-order valence-corrected chi connectivity index (χ3v) is 2.05. The van der Waals surface area contributed by atoms with Gasteiger partial charge in [0.05, 0.1) is 5.56 Å². The van der Waals surface area contributed by atoms with E-state index in [1.165, 1.54) is 26.2 Å². The number of amides is 2. The molecule has 0 spiro atoms. The van der Waals surface area contributed by atoms with Crippen LogP contribution >= 0.6 is 0 Å². The third-order valence-electron chi connectivity index (χ3n) is 2.05. The summed E-state index contributed by atoms with van der Waals surface area (Å²) in [6.07, 6.45) is 0.512. The zero-order valence-corrected chi connectivity index (χ0v) is 8.54. The maximum absolute atomic E-state index is 11.7. The molecule has 1 aromatic rings. The van der Waals surface area contributed by atoms with E-state index in [0.29, 0.717) is 6.41 Å². The summed E-state index contributed by atoms with van der Waals surface area (Å²) in [5.74, 6) is -0.545. The van der Waals surface area contributed by atoms with Crippen molar-refractivity contribution in [3.05, 3.63) is 29.8 Å². The van der Waals surface area contributed by atoms with Crippen LogP contribution in [0.5, 0.6) is 5.75 Å². The number of aromatic hydroxyl groups is 1. The first-order valence-electron chi connectivity index (χ1n) is 4.32. The zero-order chi connectivity index (χ0) is 11.4. The molecule has 0 aliphatic heterocycles. The van der Waals surface area contributed by atoms with Crippen molar-refractivity contribution in [2.24, 2.45) is 0 Å². The van der Waals surface area contributed by atoms with Crippen LogP contribution in [0.3, 0.4) is 0 Å². The number of hydrogen-bond donors (Lipinski definition) is 1. The van der Waals surface area contributed by atoms with Crippen molar-refractivity contribution in [1.82, 2.24) is 10.0 Å². The molecule has 0 fully saturated rings. The molecule has 0 heterocycles. The fraction of sp³-hybridized carbons (Fsp3) is 0.200. The number of hydrazine groups is 1. The molecule has 0 aliphatic rings. The Morgan fingerprint density at radius 2 is 1.93 bits per heavy atom. The average Bonchev–Trinajstić information content (AvgIpc) is 2.26. The van der Waals surface area contributed by atoms with Crippen molar-refractivity contribution in [2.45, 2.75) is 0 Å². The quantitative estimate of drug-likeness (QED) is 0.580. The average molecular weight is 208 g/mol. The molecule has 0 unspecified atom stereocenters. The molecule has 0 saturated heterocycles. The predicted octanol–water partition coefficient (Wildman–Crippen LogP) is 0.467. The van der Waals surface area contributed by atoms with E-state index in [2.05, 4.69) is 0 Å². The fourth-order valence-electron chi connectivity index (χ4n) is 1.04. The van der Waals surface area contributed by atoms with Crippen LogP contribution in [0, 0.1) is 0 Å². The van der Waals surface area contributed by atoms with Crippen LogP contribution in [-0.4, -0.2) is 41.5 Å². The number of para-hydroxylation sites is 1. The van der Waals surface area contributed by atoms with Crippen LogP contribution in [0.1, 0.15) is 10.4 Å². The lowest BCUT2D eigenvalue weighted by Gasteiger charge is -2.24. The first-order chi connectivity index (χ1) is 7.07. The summed E-state index contributed by atoms with van der Waals surface area (Å²) in [6.45, 7) is 0. The van der Waals surface area contributed by atoms with Crippen LogP contribution in [-0.2, 0) is 4.79 Å². The topological polar surface area (TPSA) is 60.9 Å². The second-order valence-electron chi connectivity index (χ2n) is 3.02. The van der Waals surface area contributed by atoms with Crippen LogP contribution in [0.25, 0.3) is 0 Å². The van der Waals surface area contributed by atoms with Gasteiger partial charge in [0.25, 0.3) is 5.91 Å². The fourth-order valence-corrected chi connectivity index (χ4v) is 1.04. The minimum absolute atomic E-state index is 0.103. The van der Waals surface area contributed by atoms with Crippen molar-refractivity contribution in [3.8, 4) is 5.75 Å². The van der Waals surface area contributed by atoms with Gasteiger partial charge < -0.3 is 5.11 Å². The number of rotatable bonds is 3. The van der Waals surface area contributed by atoms with Gasteiger partial charge in [-0.15, -0.1) is 0 Å². The molecule has 0 saturated carbocycles. The highest BCUT2D eigenvalue weighted by Gasteiger charge is 2.17. The Balaban J connectivity index is 2.95. The van der Waals surface area contributed by atoms with Crippen molar-refractivity contribution < 1.29 is 14.7 Å². The molecule has 15 heavy (non-hydrogen) atoms. The zero-order valence-electron chi connectivity index (χ0n) is 8.54. The molecule has 1 rings (SSSR count). The number of benzene rings is 1. The Kier molecular flexibility index (Phi) is 3.28. The van der Waals surface area contributed by atoms with Gasteiger partial charge in [-0.2, -0.15) is 0 Å². The molecule has 1 aromatic carbocycles. The van der Waals surface area contributed by atoms with E-state index < -0.39 is 5.91 Å². The van der Waals surface area contributed by atoms with Gasteiger partial charge in [-0.3, -0.25) is 19.6 Å². The molecule has 1 N–H and O–H groups in total. The number of phenols is 1. The predicted molar refractivity (Wildman–Crippen MR) is 54.0 cm³/mol. The second kappa shape index (κ2) is 4.45. The van der Waals surface area contributed by atoms with Crippen molar-refractivity contribution in [3.63, 3.8) is 0 Å². The van der Waals surface area contributed by atoms with Crippen LogP contribution < -0.4 is 0 Å². The van der Waals surface area contributed by atoms with E-state index in [0.717, 1.165) is 10.0 Å². The summed E-state index contributed by atoms with van der Waals surface area (Å²) >= 11 is 0. The Hall–Kier alpha value is -2.04. The van der Waals surface area contributed by atoms with Crippen LogP contribution in [0.2, 0.25) is 0 Å². The monoisotopic (exact) mass is 208 g/mol. The van der Waals surface area contributed by atoms with Gasteiger partial charge in [0, 0.05) is 14.1 Å². The lowest BCUT2D eigenvalue weighted by Crippen LogP contribution is -2.40. The van der Waals surface area contributed by atoms with Gasteiger partial charge in [-0.05, 0) is 12.1 Å². The maximum Gasteiger partial charge on any atom is 0.275 e. The molecular weight excluding hydrogens is 196 g/mol. The molecule has 0 aliphatic carbocycles.